The average Bonchev–Trinajstić information content (AvgIpc) is 2.71. The fourth-order valence-electron chi connectivity index (χ4n) is 2.42. The van der Waals surface area contributed by atoms with E-state index < -0.39 is 12.2 Å². The van der Waals surface area contributed by atoms with E-state index >= 15 is 0 Å². The van der Waals surface area contributed by atoms with Gasteiger partial charge in [0.05, 0.1) is 25.4 Å². The topological polar surface area (TPSA) is 90.2 Å². The number of hydrogen-bond acceptors (Lipinski definition) is 5. The molecule has 0 rings (SSSR count). The van der Waals surface area contributed by atoms with Crippen LogP contribution >= 0.6 is 0 Å². The summed E-state index contributed by atoms with van der Waals surface area (Å²) in [7, 11) is 0. The fraction of sp³-hybridized carbons (Fsp3) is 1.00. The molecule has 0 spiro atoms. The molecule has 2 atom stereocenters. The molecular weight excluding hydrogens is 368 g/mol. The van der Waals surface area contributed by atoms with E-state index in [1.165, 1.54) is 104 Å². The van der Waals surface area contributed by atoms with Gasteiger partial charge < -0.3 is 25.2 Å². The van der Waals surface area contributed by atoms with E-state index in [0.717, 1.165) is 13.2 Å². The van der Waals surface area contributed by atoms with Crippen molar-refractivity contribution < 1.29 is 25.2 Å². The van der Waals surface area contributed by atoms with Crippen LogP contribution in [-0.4, -0.2) is 59.1 Å². The van der Waals surface area contributed by atoms with Crippen LogP contribution in [0.1, 0.15) is 118 Å². The summed E-state index contributed by atoms with van der Waals surface area (Å²) >= 11 is 0. The quantitative estimate of drug-likeness (QED) is 0.227. The predicted molar refractivity (Wildman–Crippen MR) is 124 cm³/mol. The molecule has 0 fully saturated rings. The Bertz CT molecular complexity index is 223. The Hall–Kier alpha value is -0.200. The maximum atomic E-state index is 8.11. The largest absolute Gasteiger partial charge is 0.394 e. The van der Waals surface area contributed by atoms with Crippen molar-refractivity contribution in [2.24, 2.45) is 0 Å². The van der Waals surface area contributed by atoms with Gasteiger partial charge in [0.25, 0.3) is 0 Å². The molecule has 4 N–H and O–H groups in total. The van der Waals surface area contributed by atoms with E-state index in [2.05, 4.69) is 13.8 Å². The molecule has 0 heterocycles. The zero-order chi connectivity index (χ0) is 22.6. The van der Waals surface area contributed by atoms with Crippen molar-refractivity contribution in [1.82, 2.24) is 0 Å². The zero-order valence-electron chi connectivity index (χ0n) is 20.1. The van der Waals surface area contributed by atoms with Crippen LogP contribution in [0.3, 0.4) is 0 Å². The highest BCUT2D eigenvalue weighted by Crippen LogP contribution is 2.08. The van der Waals surface area contributed by atoms with Gasteiger partial charge in [-0.1, -0.05) is 90.9 Å². The van der Waals surface area contributed by atoms with Crippen molar-refractivity contribution in [3.05, 3.63) is 0 Å². The van der Waals surface area contributed by atoms with Crippen molar-refractivity contribution in [2.45, 2.75) is 130 Å². The zero-order valence-corrected chi connectivity index (χ0v) is 20.1. The third-order valence-electron chi connectivity index (χ3n) is 4.31. The summed E-state index contributed by atoms with van der Waals surface area (Å²) < 4.78 is 5.69. The number of rotatable bonds is 18. The van der Waals surface area contributed by atoms with Crippen LogP contribution in [0.5, 0.6) is 0 Å². The highest BCUT2D eigenvalue weighted by molar-refractivity contribution is 4.46. The molecule has 0 aliphatic heterocycles. The minimum Gasteiger partial charge on any atom is -0.394 e. The van der Waals surface area contributed by atoms with Crippen LogP contribution in [0, 0.1) is 0 Å². The second kappa shape index (κ2) is 32.5. The van der Waals surface area contributed by atoms with Gasteiger partial charge in [-0.2, -0.15) is 0 Å². The molecule has 0 aromatic rings. The van der Waals surface area contributed by atoms with E-state index in [1.807, 2.05) is 0 Å². The Labute approximate surface area is 181 Å². The maximum absolute atomic E-state index is 8.11. The minimum absolute atomic E-state index is 0.139. The Morgan fingerprint density at radius 2 is 0.759 bits per heavy atom. The number of aliphatic hydroxyl groups excluding tert-OH is 4. The smallest absolute Gasteiger partial charge is 0.0742 e. The highest BCUT2D eigenvalue weighted by Gasteiger charge is 1.93. The van der Waals surface area contributed by atoms with Gasteiger partial charge in [0.15, 0.2) is 0 Å². The van der Waals surface area contributed by atoms with E-state index in [4.69, 9.17) is 25.2 Å². The lowest BCUT2D eigenvalue weighted by Gasteiger charge is -2.04. The Morgan fingerprint density at radius 1 is 0.517 bits per heavy atom. The molecule has 29 heavy (non-hydrogen) atoms. The van der Waals surface area contributed by atoms with E-state index in [9.17, 15) is 0 Å². The molecule has 0 saturated heterocycles. The lowest BCUT2D eigenvalue weighted by atomic mass is 10.1. The van der Waals surface area contributed by atoms with Crippen LogP contribution in [0.2, 0.25) is 0 Å². The second-order valence-electron chi connectivity index (χ2n) is 7.92. The van der Waals surface area contributed by atoms with Gasteiger partial charge in [0, 0.05) is 13.2 Å². The number of aliphatic hydroxyl groups is 4. The SMILES string of the molecule is CC(O)CO.CC(O)CO.CCCCCCCCCOCCCCCCCCC. The van der Waals surface area contributed by atoms with Gasteiger partial charge in [0.1, 0.15) is 0 Å². The molecule has 0 aromatic carbocycles. The van der Waals surface area contributed by atoms with Gasteiger partial charge in [-0.25, -0.2) is 0 Å². The van der Waals surface area contributed by atoms with Crippen molar-refractivity contribution in [2.75, 3.05) is 26.4 Å². The average molecular weight is 423 g/mol. The van der Waals surface area contributed by atoms with Crippen LogP contribution in [0.15, 0.2) is 0 Å². The first-order valence-electron chi connectivity index (χ1n) is 12.1. The van der Waals surface area contributed by atoms with Gasteiger partial charge >= 0.3 is 0 Å². The van der Waals surface area contributed by atoms with Gasteiger partial charge in [-0.05, 0) is 26.7 Å². The maximum Gasteiger partial charge on any atom is 0.0742 e. The van der Waals surface area contributed by atoms with Crippen molar-refractivity contribution in [3.63, 3.8) is 0 Å². The number of ether oxygens (including phenoxy) is 1. The first kappa shape index (κ1) is 33.4. The van der Waals surface area contributed by atoms with E-state index in [0.29, 0.717) is 0 Å². The molecule has 0 aromatic heterocycles. The third kappa shape index (κ3) is 47.2. The van der Waals surface area contributed by atoms with Gasteiger partial charge in [0.2, 0.25) is 0 Å². The standard InChI is InChI=1S/C18H38O.2C3H8O2/c1-3-5-7-9-11-13-15-17-19-18-16-14-12-10-8-6-4-2;2*1-3(5)2-4/h3-18H2,1-2H3;2*3-5H,2H2,1H3. The van der Waals surface area contributed by atoms with Crippen molar-refractivity contribution in [3.8, 4) is 0 Å². The van der Waals surface area contributed by atoms with E-state index in [-0.39, 0.29) is 13.2 Å². The van der Waals surface area contributed by atoms with Crippen LogP contribution in [0.4, 0.5) is 0 Å². The Kier molecular flexibility index (Phi) is 37.4. The first-order valence-corrected chi connectivity index (χ1v) is 12.1. The summed E-state index contributed by atoms with van der Waals surface area (Å²) in [6.45, 7) is 9.31. The molecule has 0 radical (unpaired) electrons. The molecule has 0 aliphatic carbocycles. The molecular formula is C24H54O5. The monoisotopic (exact) mass is 422 g/mol. The lowest BCUT2D eigenvalue weighted by Crippen LogP contribution is -2.03. The number of unbranched alkanes of at least 4 members (excludes halogenated alkanes) is 12. The summed E-state index contributed by atoms with van der Waals surface area (Å²) in [5.41, 5.74) is 0. The summed E-state index contributed by atoms with van der Waals surface area (Å²) in [4.78, 5) is 0. The Balaban J connectivity index is -0.000000555. The third-order valence-corrected chi connectivity index (χ3v) is 4.31. The summed E-state index contributed by atoms with van der Waals surface area (Å²) in [6.07, 6.45) is 18.2. The minimum atomic E-state index is -0.560. The lowest BCUT2D eigenvalue weighted by molar-refractivity contribution is 0.110. The second-order valence-corrected chi connectivity index (χ2v) is 7.92. The van der Waals surface area contributed by atoms with Crippen molar-refractivity contribution >= 4 is 0 Å². The fourth-order valence-corrected chi connectivity index (χ4v) is 2.42. The molecule has 0 saturated carbocycles. The summed E-state index contributed by atoms with van der Waals surface area (Å²) in [5.74, 6) is 0. The molecule has 0 bridgehead atoms. The van der Waals surface area contributed by atoms with Crippen LogP contribution in [-0.2, 0) is 4.74 Å². The Morgan fingerprint density at radius 3 is 1.00 bits per heavy atom. The van der Waals surface area contributed by atoms with E-state index in [1.54, 1.807) is 0 Å². The van der Waals surface area contributed by atoms with Crippen LogP contribution < -0.4 is 0 Å². The van der Waals surface area contributed by atoms with Crippen molar-refractivity contribution in [1.29, 1.82) is 0 Å². The number of hydrogen-bond donors (Lipinski definition) is 4. The molecule has 0 amide bonds. The molecule has 5 nitrogen and oxygen atoms in total. The van der Waals surface area contributed by atoms with Crippen LogP contribution in [0.25, 0.3) is 0 Å². The predicted octanol–water partition coefficient (Wildman–Crippen LogP) is 5.22. The molecule has 2 unspecified atom stereocenters. The van der Waals surface area contributed by atoms with Gasteiger partial charge in [-0.3, -0.25) is 0 Å². The molecule has 180 valence electrons. The van der Waals surface area contributed by atoms with Gasteiger partial charge in [-0.15, -0.1) is 0 Å². The normalized spacial score (nSPS) is 12.4. The first-order chi connectivity index (χ1) is 14.0. The summed E-state index contributed by atoms with van der Waals surface area (Å²) in [5, 5.41) is 32.0. The summed E-state index contributed by atoms with van der Waals surface area (Å²) in [6, 6.07) is 0. The molecule has 0 aliphatic rings. The highest BCUT2D eigenvalue weighted by atomic mass is 16.5. The molecule has 5 heteroatoms.